The Morgan fingerprint density at radius 1 is 1.28 bits per heavy atom. The molecule has 1 aliphatic rings. The van der Waals surface area contributed by atoms with Crippen LogP contribution in [-0.2, 0) is 17.6 Å². The zero-order valence-electron chi connectivity index (χ0n) is 15.1. The van der Waals surface area contributed by atoms with E-state index >= 15 is 0 Å². The molecule has 1 aromatic carbocycles. The van der Waals surface area contributed by atoms with Crippen molar-refractivity contribution in [2.45, 2.75) is 58.1 Å². The molecule has 0 unspecified atom stereocenters. The molecule has 3 rings (SSSR count). The van der Waals surface area contributed by atoms with Crippen LogP contribution in [-0.4, -0.2) is 33.3 Å². The summed E-state index contributed by atoms with van der Waals surface area (Å²) >= 11 is 0. The Kier molecular flexibility index (Phi) is 5.06. The summed E-state index contributed by atoms with van der Waals surface area (Å²) in [7, 11) is 0. The van der Waals surface area contributed by atoms with Crippen molar-refractivity contribution < 1.29 is 14.1 Å². The minimum Gasteiger partial charge on any atom is -0.444 e. The molecule has 6 heteroatoms. The van der Waals surface area contributed by atoms with Crippen molar-refractivity contribution in [3.63, 3.8) is 0 Å². The first kappa shape index (κ1) is 17.5. The van der Waals surface area contributed by atoms with Crippen molar-refractivity contribution in [2.75, 3.05) is 6.54 Å². The Morgan fingerprint density at radius 3 is 2.68 bits per heavy atom. The number of ether oxygens (including phenoxy) is 1. The second-order valence-electron chi connectivity index (χ2n) is 7.37. The number of nitrogens with zero attached hydrogens (tertiary/aromatic N) is 3. The Morgan fingerprint density at radius 2 is 2.04 bits per heavy atom. The third kappa shape index (κ3) is 4.59. The number of aryl methyl sites for hydroxylation is 2. The zero-order valence-corrected chi connectivity index (χ0v) is 15.1. The third-order valence-corrected chi connectivity index (χ3v) is 4.13. The van der Waals surface area contributed by atoms with Gasteiger partial charge in [-0.2, -0.15) is 4.98 Å². The number of amides is 1. The molecule has 1 saturated heterocycles. The van der Waals surface area contributed by atoms with Crippen molar-refractivity contribution in [2.24, 2.45) is 0 Å². The third-order valence-electron chi connectivity index (χ3n) is 4.13. The van der Waals surface area contributed by atoms with E-state index < -0.39 is 5.60 Å². The highest BCUT2D eigenvalue weighted by Gasteiger charge is 2.39. The number of aromatic nitrogens is 2. The lowest BCUT2D eigenvalue weighted by molar-refractivity contribution is -0.0119. The second kappa shape index (κ2) is 7.25. The van der Waals surface area contributed by atoms with Crippen LogP contribution in [0.4, 0.5) is 4.79 Å². The standard InChI is InChI=1S/C19H25N3O3/c1-19(2,3)24-18(23)22-13-12-15(22)17-20-16(21-25-17)11-7-10-14-8-5-4-6-9-14/h4-6,8-9,15H,7,10-13H2,1-3H3/t15-/m0/s1. The molecule has 0 radical (unpaired) electrons. The fourth-order valence-electron chi connectivity index (χ4n) is 2.78. The molecule has 1 atom stereocenters. The summed E-state index contributed by atoms with van der Waals surface area (Å²) in [5, 5.41) is 4.05. The lowest BCUT2D eigenvalue weighted by atomic mass is 10.0. The van der Waals surface area contributed by atoms with Gasteiger partial charge in [0.25, 0.3) is 0 Å². The smallest absolute Gasteiger partial charge is 0.410 e. The summed E-state index contributed by atoms with van der Waals surface area (Å²) in [4.78, 5) is 18.3. The number of rotatable bonds is 5. The summed E-state index contributed by atoms with van der Waals surface area (Å²) < 4.78 is 10.8. The van der Waals surface area contributed by atoms with E-state index in [0.717, 1.165) is 25.7 Å². The highest BCUT2D eigenvalue weighted by molar-refractivity contribution is 5.69. The van der Waals surface area contributed by atoms with Crippen LogP contribution in [0.1, 0.15) is 56.9 Å². The van der Waals surface area contributed by atoms with Gasteiger partial charge in [0.1, 0.15) is 11.6 Å². The van der Waals surface area contributed by atoms with Crippen molar-refractivity contribution in [1.29, 1.82) is 0 Å². The molecule has 134 valence electrons. The van der Waals surface area contributed by atoms with Gasteiger partial charge in [0, 0.05) is 13.0 Å². The number of benzene rings is 1. The molecule has 0 saturated carbocycles. The van der Waals surface area contributed by atoms with E-state index in [1.165, 1.54) is 5.56 Å². The molecule has 0 spiro atoms. The van der Waals surface area contributed by atoms with Crippen LogP contribution < -0.4 is 0 Å². The zero-order chi connectivity index (χ0) is 17.9. The normalized spacial score (nSPS) is 17.2. The van der Waals surface area contributed by atoms with Crippen molar-refractivity contribution in [3.8, 4) is 0 Å². The van der Waals surface area contributed by atoms with E-state index in [9.17, 15) is 4.79 Å². The van der Waals surface area contributed by atoms with Crippen LogP contribution >= 0.6 is 0 Å². The minimum absolute atomic E-state index is 0.162. The molecule has 6 nitrogen and oxygen atoms in total. The summed E-state index contributed by atoms with van der Waals surface area (Å²) in [6.45, 7) is 6.23. The van der Waals surface area contributed by atoms with Crippen molar-refractivity contribution >= 4 is 6.09 Å². The fraction of sp³-hybridized carbons (Fsp3) is 0.526. The highest BCUT2D eigenvalue weighted by Crippen LogP contribution is 2.33. The Labute approximate surface area is 148 Å². The maximum Gasteiger partial charge on any atom is 0.410 e. The largest absolute Gasteiger partial charge is 0.444 e. The van der Waals surface area contributed by atoms with Crippen molar-refractivity contribution in [1.82, 2.24) is 15.0 Å². The van der Waals surface area contributed by atoms with Gasteiger partial charge in [0.2, 0.25) is 5.89 Å². The number of hydrogen-bond donors (Lipinski definition) is 0. The average Bonchev–Trinajstić information content (AvgIpc) is 2.93. The second-order valence-corrected chi connectivity index (χ2v) is 7.37. The topological polar surface area (TPSA) is 68.5 Å². The van der Waals surface area contributed by atoms with Gasteiger partial charge in [0.15, 0.2) is 5.82 Å². The van der Waals surface area contributed by atoms with E-state index in [4.69, 9.17) is 9.26 Å². The highest BCUT2D eigenvalue weighted by atomic mass is 16.6. The van der Waals surface area contributed by atoms with E-state index in [2.05, 4.69) is 22.3 Å². The van der Waals surface area contributed by atoms with Gasteiger partial charge in [-0.15, -0.1) is 0 Å². The summed E-state index contributed by atoms with van der Waals surface area (Å²) in [6, 6.07) is 10.2. The molecule has 2 heterocycles. The summed E-state index contributed by atoms with van der Waals surface area (Å²) in [6.07, 6.45) is 3.21. The number of carbonyl (C=O) groups is 1. The number of carbonyl (C=O) groups excluding carboxylic acids is 1. The van der Waals surface area contributed by atoms with Gasteiger partial charge in [-0.05, 0) is 45.6 Å². The van der Waals surface area contributed by atoms with Crippen molar-refractivity contribution in [3.05, 3.63) is 47.6 Å². The molecule has 1 fully saturated rings. The predicted octanol–water partition coefficient (Wildman–Crippen LogP) is 3.93. The van der Waals surface area contributed by atoms with E-state index in [1.54, 1.807) is 4.90 Å². The van der Waals surface area contributed by atoms with Crippen LogP contribution in [0, 0.1) is 0 Å². The SMILES string of the molecule is CC(C)(C)OC(=O)N1CC[C@H]1c1nc(CCCc2ccccc2)no1. The number of hydrogen-bond acceptors (Lipinski definition) is 5. The number of likely N-dealkylation sites (tertiary alicyclic amines) is 1. The predicted molar refractivity (Wildman–Crippen MR) is 93.1 cm³/mol. The monoisotopic (exact) mass is 343 g/mol. The Balaban J connectivity index is 1.52. The molecule has 0 aliphatic carbocycles. The minimum atomic E-state index is -0.505. The molecule has 25 heavy (non-hydrogen) atoms. The van der Waals surface area contributed by atoms with Crippen LogP contribution in [0.3, 0.4) is 0 Å². The van der Waals surface area contributed by atoms with Gasteiger partial charge in [-0.3, -0.25) is 4.90 Å². The average molecular weight is 343 g/mol. The van der Waals surface area contributed by atoms with Gasteiger partial charge in [0.05, 0.1) is 0 Å². The molecular formula is C19H25N3O3. The van der Waals surface area contributed by atoms with Crippen LogP contribution in [0.25, 0.3) is 0 Å². The lowest BCUT2D eigenvalue weighted by Crippen LogP contribution is -2.47. The Bertz CT molecular complexity index is 706. The quantitative estimate of drug-likeness (QED) is 0.823. The first-order valence-electron chi connectivity index (χ1n) is 8.78. The molecule has 2 aromatic rings. The van der Waals surface area contributed by atoms with Gasteiger partial charge < -0.3 is 9.26 Å². The summed E-state index contributed by atoms with van der Waals surface area (Å²) in [5.41, 5.74) is 0.801. The van der Waals surface area contributed by atoms with E-state index in [-0.39, 0.29) is 12.1 Å². The molecular weight excluding hydrogens is 318 g/mol. The van der Waals surface area contributed by atoms with Gasteiger partial charge >= 0.3 is 6.09 Å². The first-order chi connectivity index (χ1) is 11.9. The van der Waals surface area contributed by atoms with E-state index in [0.29, 0.717) is 18.3 Å². The van der Waals surface area contributed by atoms with Gasteiger partial charge in [-0.25, -0.2) is 4.79 Å². The van der Waals surface area contributed by atoms with Crippen LogP contribution in [0.2, 0.25) is 0 Å². The Hall–Kier alpha value is -2.37. The summed E-state index contributed by atoms with van der Waals surface area (Å²) in [5.74, 6) is 1.20. The maximum absolute atomic E-state index is 12.2. The fourth-order valence-corrected chi connectivity index (χ4v) is 2.78. The molecule has 1 amide bonds. The molecule has 0 N–H and O–H groups in total. The van der Waals surface area contributed by atoms with Gasteiger partial charge in [-0.1, -0.05) is 35.5 Å². The van der Waals surface area contributed by atoms with Crippen LogP contribution in [0.5, 0.6) is 0 Å². The van der Waals surface area contributed by atoms with Crippen LogP contribution in [0.15, 0.2) is 34.9 Å². The molecule has 0 bridgehead atoms. The molecule has 1 aliphatic heterocycles. The van der Waals surface area contributed by atoms with E-state index in [1.807, 2.05) is 39.0 Å². The lowest BCUT2D eigenvalue weighted by Gasteiger charge is -2.39. The maximum atomic E-state index is 12.2. The molecule has 1 aromatic heterocycles. The first-order valence-corrected chi connectivity index (χ1v) is 8.78.